The third kappa shape index (κ3) is 3.65. The first-order chi connectivity index (χ1) is 8.19. The summed E-state index contributed by atoms with van der Waals surface area (Å²) >= 11 is 0. The average molecular weight is 235 g/mol. The molecule has 1 heterocycles. The maximum Gasteiger partial charge on any atom is 0.311 e. The zero-order chi connectivity index (χ0) is 12.7. The summed E-state index contributed by atoms with van der Waals surface area (Å²) in [5, 5.41) is 13.6. The fourth-order valence-electron chi connectivity index (χ4n) is 1.22. The number of rotatable bonds is 6. The molecule has 1 aromatic rings. The first kappa shape index (κ1) is 12.8. The molecule has 6 heteroatoms. The second-order valence-electron chi connectivity index (χ2n) is 3.21. The monoisotopic (exact) mass is 235 g/mol. The van der Waals surface area contributed by atoms with E-state index in [1.807, 2.05) is 0 Å². The van der Waals surface area contributed by atoms with Crippen molar-refractivity contribution in [3.8, 4) is 18.2 Å². The first-order valence-electron chi connectivity index (χ1n) is 5.05. The Bertz CT molecular complexity index is 440. The van der Waals surface area contributed by atoms with Crippen molar-refractivity contribution < 1.29 is 9.66 Å². The number of unbranched alkanes of at least 4 members (excludes halogenated alkanes) is 1. The van der Waals surface area contributed by atoms with Crippen LogP contribution in [0.1, 0.15) is 12.8 Å². The fourth-order valence-corrected chi connectivity index (χ4v) is 1.22. The van der Waals surface area contributed by atoms with Crippen LogP contribution >= 0.6 is 0 Å². The van der Waals surface area contributed by atoms with Crippen LogP contribution in [-0.4, -0.2) is 23.6 Å². The van der Waals surface area contributed by atoms with Crippen molar-refractivity contribution in [3.63, 3.8) is 0 Å². The normalized spacial score (nSPS) is 9.41. The minimum absolute atomic E-state index is 0.0773. The fraction of sp³-hybridized carbons (Fsp3) is 0.364. The summed E-state index contributed by atoms with van der Waals surface area (Å²) in [5.74, 6) is 3.02. The molecule has 0 amide bonds. The summed E-state index contributed by atoms with van der Waals surface area (Å²) < 4.78 is 4.91. The topological polar surface area (TPSA) is 77.3 Å². The highest BCUT2D eigenvalue weighted by Gasteiger charge is 2.15. The van der Waals surface area contributed by atoms with Gasteiger partial charge in [0.2, 0.25) is 11.7 Å². The number of hydrogen-bond acceptors (Lipinski definition) is 5. The van der Waals surface area contributed by atoms with Crippen LogP contribution in [0.5, 0.6) is 5.88 Å². The highest BCUT2D eigenvalue weighted by molar-refractivity contribution is 5.56. The van der Waals surface area contributed by atoms with Gasteiger partial charge in [-0.2, -0.15) is 4.98 Å². The third-order valence-corrected chi connectivity index (χ3v) is 2.04. The number of terminal acetylenes is 1. The van der Waals surface area contributed by atoms with E-state index in [0.717, 1.165) is 6.42 Å². The van der Waals surface area contributed by atoms with Crippen LogP contribution in [0.4, 0.5) is 11.5 Å². The Hall–Kier alpha value is -2.29. The standard InChI is InChI=1S/C11H13N3O3/c1-3-4-5-8-12-11-9(14(15)16)6-7-10(13-11)17-2/h1,6-7H,4-5,8H2,2H3,(H,12,13). The molecule has 1 N–H and O–H groups in total. The number of ether oxygens (including phenoxy) is 1. The predicted octanol–water partition coefficient (Wildman–Crippen LogP) is 1.82. The minimum atomic E-state index is -0.490. The number of nitrogens with zero attached hydrogens (tertiary/aromatic N) is 2. The second kappa shape index (κ2) is 6.33. The van der Waals surface area contributed by atoms with E-state index < -0.39 is 4.92 Å². The van der Waals surface area contributed by atoms with E-state index >= 15 is 0 Å². The second-order valence-corrected chi connectivity index (χ2v) is 3.21. The largest absolute Gasteiger partial charge is 0.481 e. The Kier molecular flexibility index (Phi) is 4.76. The van der Waals surface area contributed by atoms with Gasteiger partial charge in [0, 0.05) is 25.1 Å². The van der Waals surface area contributed by atoms with Gasteiger partial charge in [0.05, 0.1) is 12.0 Å². The number of methoxy groups -OCH3 is 1. The van der Waals surface area contributed by atoms with Crippen molar-refractivity contribution in [1.29, 1.82) is 0 Å². The summed E-state index contributed by atoms with van der Waals surface area (Å²) in [6.07, 6.45) is 6.45. The van der Waals surface area contributed by atoms with Crippen LogP contribution < -0.4 is 10.1 Å². The van der Waals surface area contributed by atoms with Crippen LogP contribution in [0.3, 0.4) is 0 Å². The van der Waals surface area contributed by atoms with Crippen LogP contribution in [0, 0.1) is 22.5 Å². The zero-order valence-electron chi connectivity index (χ0n) is 9.47. The summed E-state index contributed by atoms with van der Waals surface area (Å²) in [6.45, 7) is 0.533. The molecule has 0 radical (unpaired) electrons. The molecule has 0 fully saturated rings. The molecule has 0 saturated carbocycles. The van der Waals surface area contributed by atoms with E-state index in [4.69, 9.17) is 11.2 Å². The van der Waals surface area contributed by atoms with Crippen LogP contribution in [0.25, 0.3) is 0 Å². The van der Waals surface area contributed by atoms with Gasteiger partial charge in [0.1, 0.15) is 0 Å². The van der Waals surface area contributed by atoms with Crippen LogP contribution in [-0.2, 0) is 0 Å². The van der Waals surface area contributed by atoms with Gasteiger partial charge >= 0.3 is 5.69 Å². The van der Waals surface area contributed by atoms with Crippen LogP contribution in [0.2, 0.25) is 0 Å². The number of nitrogens with one attached hydrogen (secondary N) is 1. The smallest absolute Gasteiger partial charge is 0.311 e. The molecular formula is C11H13N3O3. The molecule has 17 heavy (non-hydrogen) atoms. The Morgan fingerprint density at radius 2 is 2.41 bits per heavy atom. The number of pyridine rings is 1. The SMILES string of the molecule is C#CCCCNc1nc(OC)ccc1[N+](=O)[O-]. The van der Waals surface area contributed by atoms with E-state index in [-0.39, 0.29) is 11.5 Å². The van der Waals surface area contributed by atoms with E-state index in [1.165, 1.54) is 19.2 Å². The van der Waals surface area contributed by atoms with Gasteiger partial charge in [0.15, 0.2) is 0 Å². The highest BCUT2D eigenvalue weighted by atomic mass is 16.6. The lowest BCUT2D eigenvalue weighted by atomic mass is 10.3. The molecule has 0 aliphatic heterocycles. The zero-order valence-corrected chi connectivity index (χ0v) is 9.47. The maximum absolute atomic E-state index is 10.8. The molecule has 0 bridgehead atoms. The van der Waals surface area contributed by atoms with Crippen molar-refractivity contribution in [1.82, 2.24) is 4.98 Å². The molecule has 6 nitrogen and oxygen atoms in total. The molecule has 0 spiro atoms. The summed E-state index contributed by atoms with van der Waals surface area (Å²) in [7, 11) is 1.45. The lowest BCUT2D eigenvalue weighted by Crippen LogP contribution is -2.06. The number of anilines is 1. The highest BCUT2D eigenvalue weighted by Crippen LogP contribution is 2.24. The van der Waals surface area contributed by atoms with Crippen molar-refractivity contribution in [2.75, 3.05) is 19.0 Å². The van der Waals surface area contributed by atoms with Gasteiger partial charge in [-0.15, -0.1) is 12.3 Å². The van der Waals surface area contributed by atoms with Gasteiger partial charge < -0.3 is 10.1 Å². The molecule has 0 aliphatic rings. The van der Waals surface area contributed by atoms with E-state index in [2.05, 4.69) is 16.2 Å². The molecular weight excluding hydrogens is 222 g/mol. The molecule has 90 valence electrons. The van der Waals surface area contributed by atoms with Gasteiger partial charge in [0.25, 0.3) is 0 Å². The van der Waals surface area contributed by atoms with Gasteiger partial charge in [-0.3, -0.25) is 10.1 Å². The first-order valence-corrected chi connectivity index (χ1v) is 5.05. The molecule has 1 aromatic heterocycles. The summed E-state index contributed by atoms with van der Waals surface area (Å²) in [6, 6.07) is 2.81. The van der Waals surface area contributed by atoms with E-state index in [9.17, 15) is 10.1 Å². The number of nitro groups is 1. The third-order valence-electron chi connectivity index (χ3n) is 2.04. The average Bonchev–Trinajstić information content (AvgIpc) is 2.34. The van der Waals surface area contributed by atoms with E-state index in [0.29, 0.717) is 18.8 Å². The number of aromatic nitrogens is 1. The summed E-state index contributed by atoms with van der Waals surface area (Å²) in [5.41, 5.74) is -0.0773. The molecule has 1 rings (SSSR count). The molecule has 0 aliphatic carbocycles. The Morgan fingerprint density at radius 3 is 3.00 bits per heavy atom. The molecule has 0 unspecified atom stereocenters. The van der Waals surface area contributed by atoms with E-state index in [1.54, 1.807) is 0 Å². The summed E-state index contributed by atoms with van der Waals surface area (Å²) in [4.78, 5) is 14.3. The lowest BCUT2D eigenvalue weighted by molar-refractivity contribution is -0.384. The quantitative estimate of drug-likeness (QED) is 0.352. The Balaban J connectivity index is 2.79. The van der Waals surface area contributed by atoms with Crippen molar-refractivity contribution >= 4 is 11.5 Å². The number of hydrogen-bond donors (Lipinski definition) is 1. The lowest BCUT2D eigenvalue weighted by Gasteiger charge is -2.06. The minimum Gasteiger partial charge on any atom is -0.481 e. The van der Waals surface area contributed by atoms with Gasteiger partial charge in [-0.25, -0.2) is 0 Å². The Labute approximate surface area is 99.2 Å². The van der Waals surface area contributed by atoms with Crippen molar-refractivity contribution in [2.24, 2.45) is 0 Å². The molecule has 0 saturated heterocycles. The van der Waals surface area contributed by atoms with Crippen LogP contribution in [0.15, 0.2) is 12.1 Å². The van der Waals surface area contributed by atoms with Crippen molar-refractivity contribution in [3.05, 3.63) is 22.2 Å². The predicted molar refractivity (Wildman–Crippen MR) is 64.0 cm³/mol. The molecule has 0 aromatic carbocycles. The van der Waals surface area contributed by atoms with Gasteiger partial charge in [-0.1, -0.05) is 0 Å². The molecule has 0 atom stereocenters. The van der Waals surface area contributed by atoms with Crippen molar-refractivity contribution in [2.45, 2.75) is 12.8 Å². The Morgan fingerprint density at radius 1 is 1.65 bits per heavy atom. The maximum atomic E-state index is 10.8. The van der Waals surface area contributed by atoms with Gasteiger partial charge in [-0.05, 0) is 6.42 Å².